The molecule has 1 saturated heterocycles. The molecule has 0 N–H and O–H groups in total. The first kappa shape index (κ1) is 14.5. The molecule has 1 saturated carbocycles. The Kier molecular flexibility index (Phi) is 5.00. The Balaban J connectivity index is 2.11. The molecule has 3 nitrogen and oxygen atoms in total. The molecule has 108 valence electrons. The van der Waals surface area contributed by atoms with Gasteiger partial charge >= 0.3 is 0 Å². The van der Waals surface area contributed by atoms with Crippen LogP contribution in [0.25, 0.3) is 0 Å². The first-order chi connectivity index (χ1) is 9.15. The number of carbonyl (C=O) groups is 2. The average Bonchev–Trinajstić information content (AvgIpc) is 2.46. The Labute approximate surface area is 116 Å². The SMILES string of the molecule is CCC(C)C(=O)N1CCCCC1C1CCCCC1=O. The van der Waals surface area contributed by atoms with Gasteiger partial charge in [0.2, 0.25) is 5.91 Å². The highest BCUT2D eigenvalue weighted by Crippen LogP contribution is 2.32. The molecular weight excluding hydrogens is 238 g/mol. The van der Waals surface area contributed by atoms with Crippen LogP contribution in [-0.2, 0) is 9.59 Å². The van der Waals surface area contributed by atoms with E-state index in [1.165, 1.54) is 6.42 Å². The van der Waals surface area contributed by atoms with E-state index >= 15 is 0 Å². The molecular formula is C16H27NO2. The fraction of sp³-hybridized carbons (Fsp3) is 0.875. The lowest BCUT2D eigenvalue weighted by molar-refractivity contribution is -0.142. The number of piperidine rings is 1. The zero-order chi connectivity index (χ0) is 13.8. The molecule has 1 heterocycles. The second-order valence-corrected chi connectivity index (χ2v) is 6.22. The summed E-state index contributed by atoms with van der Waals surface area (Å²) in [5.41, 5.74) is 0. The van der Waals surface area contributed by atoms with Gasteiger partial charge in [-0.05, 0) is 38.5 Å². The Morgan fingerprint density at radius 2 is 2.00 bits per heavy atom. The Hall–Kier alpha value is -0.860. The third-order valence-corrected chi connectivity index (χ3v) is 4.93. The van der Waals surface area contributed by atoms with Crippen LogP contribution in [0.1, 0.15) is 65.2 Å². The molecule has 0 aromatic heterocycles. The predicted octanol–water partition coefficient (Wildman–Crippen LogP) is 3.17. The third kappa shape index (κ3) is 3.18. The summed E-state index contributed by atoms with van der Waals surface area (Å²) in [6.45, 7) is 4.93. The molecule has 0 aromatic carbocycles. The number of likely N-dealkylation sites (tertiary alicyclic amines) is 1. The normalized spacial score (nSPS) is 30.2. The van der Waals surface area contributed by atoms with Crippen molar-refractivity contribution in [3.63, 3.8) is 0 Å². The summed E-state index contributed by atoms with van der Waals surface area (Å²) < 4.78 is 0. The van der Waals surface area contributed by atoms with Crippen molar-refractivity contribution in [1.29, 1.82) is 0 Å². The van der Waals surface area contributed by atoms with Crippen molar-refractivity contribution in [1.82, 2.24) is 4.90 Å². The fourth-order valence-electron chi connectivity index (χ4n) is 3.52. The summed E-state index contributed by atoms with van der Waals surface area (Å²) in [7, 11) is 0. The van der Waals surface area contributed by atoms with Crippen molar-refractivity contribution in [3.8, 4) is 0 Å². The molecule has 0 spiro atoms. The molecule has 2 aliphatic rings. The highest BCUT2D eigenvalue weighted by Gasteiger charge is 2.38. The van der Waals surface area contributed by atoms with E-state index < -0.39 is 0 Å². The van der Waals surface area contributed by atoms with Crippen LogP contribution in [0.4, 0.5) is 0 Å². The zero-order valence-corrected chi connectivity index (χ0v) is 12.4. The van der Waals surface area contributed by atoms with Gasteiger partial charge in [-0.3, -0.25) is 9.59 Å². The number of carbonyl (C=O) groups excluding carboxylic acids is 2. The predicted molar refractivity (Wildman–Crippen MR) is 75.8 cm³/mol. The minimum atomic E-state index is 0.0966. The van der Waals surface area contributed by atoms with Crippen molar-refractivity contribution < 1.29 is 9.59 Å². The maximum Gasteiger partial charge on any atom is 0.225 e. The highest BCUT2D eigenvalue weighted by molar-refractivity contribution is 5.84. The van der Waals surface area contributed by atoms with E-state index in [1.54, 1.807) is 0 Å². The molecule has 3 atom stereocenters. The van der Waals surface area contributed by atoms with E-state index in [9.17, 15) is 9.59 Å². The Morgan fingerprint density at radius 3 is 2.68 bits per heavy atom. The van der Waals surface area contributed by atoms with Gasteiger partial charge in [-0.1, -0.05) is 20.3 Å². The fourth-order valence-corrected chi connectivity index (χ4v) is 3.52. The number of amides is 1. The maximum atomic E-state index is 12.5. The molecule has 0 bridgehead atoms. The summed E-state index contributed by atoms with van der Waals surface area (Å²) in [5.74, 6) is 0.895. The molecule has 0 radical (unpaired) electrons. The summed E-state index contributed by atoms with van der Waals surface area (Å²) >= 11 is 0. The van der Waals surface area contributed by atoms with Crippen molar-refractivity contribution in [2.45, 2.75) is 71.3 Å². The van der Waals surface area contributed by atoms with Gasteiger partial charge in [0.05, 0.1) is 0 Å². The van der Waals surface area contributed by atoms with Crippen molar-refractivity contribution in [3.05, 3.63) is 0 Å². The second kappa shape index (κ2) is 6.53. The van der Waals surface area contributed by atoms with E-state index in [0.29, 0.717) is 5.78 Å². The highest BCUT2D eigenvalue weighted by atomic mass is 16.2. The number of hydrogen-bond donors (Lipinski definition) is 0. The first-order valence-electron chi connectivity index (χ1n) is 7.98. The smallest absolute Gasteiger partial charge is 0.225 e. The van der Waals surface area contributed by atoms with Gasteiger partial charge in [0.15, 0.2) is 0 Å². The number of Topliss-reactive ketones (excluding diaryl/α,β-unsaturated/α-hetero) is 1. The Bertz CT molecular complexity index is 340. The van der Waals surface area contributed by atoms with Crippen LogP contribution in [0.3, 0.4) is 0 Å². The lowest BCUT2D eigenvalue weighted by Crippen LogP contribution is -2.51. The van der Waals surface area contributed by atoms with Crippen LogP contribution in [0.5, 0.6) is 0 Å². The molecule has 1 amide bonds. The van der Waals surface area contributed by atoms with Crippen molar-refractivity contribution >= 4 is 11.7 Å². The topological polar surface area (TPSA) is 37.4 Å². The summed E-state index contributed by atoms with van der Waals surface area (Å²) in [5, 5.41) is 0. The number of rotatable bonds is 3. The summed E-state index contributed by atoms with van der Waals surface area (Å²) in [6, 6.07) is 0.197. The van der Waals surface area contributed by atoms with Gasteiger partial charge in [0.1, 0.15) is 5.78 Å². The summed E-state index contributed by atoms with van der Waals surface area (Å²) in [6.07, 6.45) is 8.09. The molecule has 3 unspecified atom stereocenters. The van der Waals surface area contributed by atoms with Crippen molar-refractivity contribution in [2.75, 3.05) is 6.54 Å². The molecule has 1 aliphatic carbocycles. The van der Waals surface area contributed by atoms with Gasteiger partial charge in [-0.15, -0.1) is 0 Å². The standard InChI is InChI=1S/C16H27NO2/c1-3-12(2)16(19)17-11-7-6-9-14(17)13-8-4-5-10-15(13)18/h12-14H,3-11H2,1-2H3. The van der Waals surface area contributed by atoms with Crippen LogP contribution in [0.2, 0.25) is 0 Å². The quantitative estimate of drug-likeness (QED) is 0.786. The van der Waals surface area contributed by atoms with Crippen LogP contribution >= 0.6 is 0 Å². The number of nitrogens with zero attached hydrogens (tertiary/aromatic N) is 1. The first-order valence-corrected chi connectivity index (χ1v) is 7.98. The lowest BCUT2D eigenvalue weighted by Gasteiger charge is -2.42. The number of hydrogen-bond acceptors (Lipinski definition) is 2. The van der Waals surface area contributed by atoms with E-state index in [4.69, 9.17) is 0 Å². The third-order valence-electron chi connectivity index (χ3n) is 4.93. The van der Waals surface area contributed by atoms with Gasteiger partial charge < -0.3 is 4.90 Å². The van der Waals surface area contributed by atoms with E-state index in [-0.39, 0.29) is 23.8 Å². The molecule has 3 heteroatoms. The largest absolute Gasteiger partial charge is 0.339 e. The van der Waals surface area contributed by atoms with Crippen LogP contribution < -0.4 is 0 Å². The van der Waals surface area contributed by atoms with E-state index in [2.05, 4.69) is 6.92 Å². The van der Waals surface area contributed by atoms with E-state index in [0.717, 1.165) is 51.5 Å². The molecule has 0 aromatic rings. The minimum absolute atomic E-state index is 0.0966. The van der Waals surface area contributed by atoms with Crippen LogP contribution in [0, 0.1) is 11.8 Å². The molecule has 19 heavy (non-hydrogen) atoms. The average molecular weight is 265 g/mol. The van der Waals surface area contributed by atoms with Gasteiger partial charge in [-0.2, -0.15) is 0 Å². The molecule has 2 fully saturated rings. The zero-order valence-electron chi connectivity index (χ0n) is 12.4. The van der Waals surface area contributed by atoms with Gasteiger partial charge in [0, 0.05) is 30.8 Å². The molecule has 1 aliphatic heterocycles. The van der Waals surface area contributed by atoms with Crippen molar-refractivity contribution in [2.24, 2.45) is 11.8 Å². The van der Waals surface area contributed by atoms with E-state index in [1.807, 2.05) is 11.8 Å². The monoisotopic (exact) mass is 265 g/mol. The Morgan fingerprint density at radius 1 is 1.26 bits per heavy atom. The maximum absolute atomic E-state index is 12.5. The van der Waals surface area contributed by atoms with Gasteiger partial charge in [0.25, 0.3) is 0 Å². The number of ketones is 1. The lowest BCUT2D eigenvalue weighted by atomic mass is 9.78. The van der Waals surface area contributed by atoms with Crippen LogP contribution in [0.15, 0.2) is 0 Å². The minimum Gasteiger partial charge on any atom is -0.339 e. The molecule has 2 rings (SSSR count). The summed E-state index contributed by atoms with van der Waals surface area (Å²) in [4.78, 5) is 26.7. The van der Waals surface area contributed by atoms with Gasteiger partial charge in [-0.25, -0.2) is 0 Å². The second-order valence-electron chi connectivity index (χ2n) is 6.22. The van der Waals surface area contributed by atoms with Crippen LogP contribution in [-0.4, -0.2) is 29.2 Å².